The summed E-state index contributed by atoms with van der Waals surface area (Å²) < 4.78 is 0. The van der Waals surface area contributed by atoms with Crippen molar-refractivity contribution in [3.05, 3.63) is 24.4 Å². The largest absolute Gasteiger partial charge is 0.325 e. The van der Waals surface area contributed by atoms with Crippen molar-refractivity contribution >= 4 is 45.9 Å². The normalized spacial score (nSPS) is 11.1. The number of benzene rings is 1. The summed E-state index contributed by atoms with van der Waals surface area (Å²) in [6.07, 6.45) is 23.9. The highest BCUT2D eigenvalue weighted by atomic mass is 32.2. The van der Waals surface area contributed by atoms with Gasteiger partial charge in [0.15, 0.2) is 0 Å². The van der Waals surface area contributed by atoms with Gasteiger partial charge in [0.2, 0.25) is 11.8 Å². The molecule has 0 atom stereocenters. The SMILES string of the molecule is CCCCCCCCCCCCCCCCCC(=O)Nc1c(SC)cc(NC(C)=O)c2ncccc12. The minimum absolute atomic E-state index is 0.0393. The van der Waals surface area contributed by atoms with Gasteiger partial charge in [-0.3, -0.25) is 14.6 Å². The van der Waals surface area contributed by atoms with Crippen LogP contribution in [0.5, 0.6) is 0 Å². The van der Waals surface area contributed by atoms with Crippen LogP contribution in [-0.2, 0) is 9.59 Å². The van der Waals surface area contributed by atoms with Gasteiger partial charge in [0.1, 0.15) is 0 Å². The van der Waals surface area contributed by atoms with E-state index in [0.29, 0.717) is 17.6 Å². The van der Waals surface area contributed by atoms with E-state index in [4.69, 9.17) is 0 Å². The molecule has 1 heterocycles. The van der Waals surface area contributed by atoms with Crippen LogP contribution >= 0.6 is 11.8 Å². The molecule has 2 N–H and O–H groups in total. The number of carbonyl (C=O) groups is 2. The second-order valence-electron chi connectivity index (χ2n) is 9.83. The molecule has 0 aliphatic heterocycles. The van der Waals surface area contributed by atoms with E-state index in [1.165, 1.54) is 90.4 Å². The van der Waals surface area contributed by atoms with Gasteiger partial charge in [-0.15, -0.1) is 11.8 Å². The maximum atomic E-state index is 12.7. The number of aromatic nitrogens is 1. The van der Waals surface area contributed by atoms with E-state index in [1.807, 2.05) is 24.5 Å². The van der Waals surface area contributed by atoms with E-state index in [1.54, 1.807) is 18.0 Å². The molecular weight excluding hydrogens is 466 g/mol. The van der Waals surface area contributed by atoms with Crippen LogP contribution in [-0.4, -0.2) is 23.1 Å². The third-order valence-electron chi connectivity index (χ3n) is 6.66. The lowest BCUT2D eigenvalue weighted by atomic mass is 10.0. The molecule has 2 aromatic rings. The van der Waals surface area contributed by atoms with Gasteiger partial charge in [-0.25, -0.2) is 0 Å². The Bertz CT molecular complexity index is 932. The quantitative estimate of drug-likeness (QED) is 0.145. The summed E-state index contributed by atoms with van der Waals surface area (Å²) in [6.45, 7) is 3.76. The Hall–Kier alpha value is -2.08. The van der Waals surface area contributed by atoms with Crippen LogP contribution in [0.1, 0.15) is 117 Å². The van der Waals surface area contributed by atoms with Gasteiger partial charge < -0.3 is 10.6 Å². The highest BCUT2D eigenvalue weighted by Crippen LogP contribution is 2.37. The van der Waals surface area contributed by atoms with Gasteiger partial charge in [-0.2, -0.15) is 0 Å². The molecule has 1 aromatic heterocycles. The van der Waals surface area contributed by atoms with E-state index in [2.05, 4.69) is 22.5 Å². The first-order valence-corrected chi connectivity index (χ1v) is 15.3. The summed E-state index contributed by atoms with van der Waals surface area (Å²) in [4.78, 5) is 29.7. The number of amides is 2. The predicted molar refractivity (Wildman–Crippen MR) is 156 cm³/mol. The summed E-state index contributed by atoms with van der Waals surface area (Å²) in [5.74, 6) is -0.101. The number of anilines is 2. The molecule has 1 aromatic carbocycles. The predicted octanol–water partition coefficient (Wildman–Crippen LogP) is 9.12. The molecule has 0 spiro atoms. The highest BCUT2D eigenvalue weighted by molar-refractivity contribution is 7.98. The molecule has 0 saturated carbocycles. The monoisotopic (exact) mass is 513 g/mol. The Morgan fingerprint density at radius 2 is 1.39 bits per heavy atom. The Morgan fingerprint density at radius 1 is 0.833 bits per heavy atom. The lowest BCUT2D eigenvalue weighted by Gasteiger charge is -2.16. The van der Waals surface area contributed by atoms with Crippen molar-refractivity contribution in [3.63, 3.8) is 0 Å². The first kappa shape index (κ1) is 30.1. The summed E-state index contributed by atoms with van der Waals surface area (Å²) in [6, 6.07) is 5.69. The molecule has 0 unspecified atom stereocenters. The molecule has 36 heavy (non-hydrogen) atoms. The molecule has 6 heteroatoms. The summed E-state index contributed by atoms with van der Waals surface area (Å²) >= 11 is 1.55. The highest BCUT2D eigenvalue weighted by Gasteiger charge is 2.15. The van der Waals surface area contributed by atoms with Gasteiger partial charge >= 0.3 is 0 Å². The molecule has 0 aliphatic rings. The fourth-order valence-corrected chi connectivity index (χ4v) is 5.26. The van der Waals surface area contributed by atoms with Crippen LogP contribution in [0.4, 0.5) is 11.4 Å². The number of nitrogens with zero attached hydrogens (tertiary/aromatic N) is 1. The van der Waals surface area contributed by atoms with E-state index in [9.17, 15) is 9.59 Å². The first-order valence-electron chi connectivity index (χ1n) is 14.1. The fourth-order valence-electron chi connectivity index (χ4n) is 4.66. The number of hydrogen-bond acceptors (Lipinski definition) is 4. The Balaban J connectivity index is 1.64. The van der Waals surface area contributed by atoms with Crippen LogP contribution in [0, 0.1) is 0 Å². The second-order valence-corrected chi connectivity index (χ2v) is 10.7. The van der Waals surface area contributed by atoms with Crippen molar-refractivity contribution in [2.24, 2.45) is 0 Å². The maximum absolute atomic E-state index is 12.7. The molecule has 0 fully saturated rings. The molecule has 0 bridgehead atoms. The van der Waals surface area contributed by atoms with Crippen molar-refractivity contribution in [2.75, 3.05) is 16.9 Å². The maximum Gasteiger partial charge on any atom is 0.224 e. The number of rotatable bonds is 19. The summed E-state index contributed by atoms with van der Waals surface area (Å²) in [5.41, 5.74) is 2.14. The first-order chi connectivity index (χ1) is 17.6. The van der Waals surface area contributed by atoms with E-state index in [0.717, 1.165) is 28.8 Å². The van der Waals surface area contributed by atoms with E-state index in [-0.39, 0.29) is 11.8 Å². The number of carbonyl (C=O) groups excluding carboxylic acids is 2. The molecule has 200 valence electrons. The Kier molecular flexibility index (Phi) is 15.2. The lowest BCUT2D eigenvalue weighted by molar-refractivity contribution is -0.116. The third-order valence-corrected chi connectivity index (χ3v) is 7.42. The second kappa shape index (κ2) is 18.2. The summed E-state index contributed by atoms with van der Waals surface area (Å²) in [5, 5.41) is 6.83. The van der Waals surface area contributed by atoms with Crippen molar-refractivity contribution in [3.8, 4) is 0 Å². The number of pyridine rings is 1. The van der Waals surface area contributed by atoms with Crippen LogP contribution in [0.25, 0.3) is 10.9 Å². The van der Waals surface area contributed by atoms with Crippen LogP contribution in [0.3, 0.4) is 0 Å². The fraction of sp³-hybridized carbons (Fsp3) is 0.633. The Morgan fingerprint density at radius 3 is 1.92 bits per heavy atom. The zero-order valence-corrected chi connectivity index (χ0v) is 23.6. The van der Waals surface area contributed by atoms with Crippen molar-refractivity contribution in [1.29, 1.82) is 0 Å². The third kappa shape index (κ3) is 11.3. The number of unbranched alkanes of at least 4 members (excludes halogenated alkanes) is 14. The molecule has 0 aliphatic carbocycles. The van der Waals surface area contributed by atoms with Gasteiger partial charge in [-0.05, 0) is 30.9 Å². The van der Waals surface area contributed by atoms with Crippen LogP contribution in [0.2, 0.25) is 0 Å². The lowest BCUT2D eigenvalue weighted by Crippen LogP contribution is -2.13. The average Bonchev–Trinajstić information content (AvgIpc) is 2.87. The van der Waals surface area contributed by atoms with Gasteiger partial charge in [-0.1, -0.05) is 96.8 Å². The topological polar surface area (TPSA) is 71.1 Å². The molecule has 5 nitrogen and oxygen atoms in total. The molecule has 2 rings (SSSR count). The van der Waals surface area contributed by atoms with E-state index >= 15 is 0 Å². The minimum atomic E-state index is -0.140. The van der Waals surface area contributed by atoms with Crippen LogP contribution in [0.15, 0.2) is 29.3 Å². The number of thioether (sulfide) groups is 1. The molecule has 2 amide bonds. The van der Waals surface area contributed by atoms with Crippen LogP contribution < -0.4 is 10.6 Å². The standard InChI is InChI=1S/C30H47N3O2S/c1-4-5-6-7-8-9-10-11-12-13-14-15-16-17-18-21-28(35)33-30-25-20-19-22-31-29(25)26(32-24(2)34)23-27(30)36-3/h19-20,22-23H,4-18,21H2,1-3H3,(H,32,34)(H,33,35). The zero-order chi connectivity index (χ0) is 26.0. The average molecular weight is 514 g/mol. The minimum Gasteiger partial charge on any atom is -0.325 e. The Labute approximate surface area is 223 Å². The molecular formula is C30H47N3O2S. The van der Waals surface area contributed by atoms with Gasteiger partial charge in [0.25, 0.3) is 0 Å². The van der Waals surface area contributed by atoms with Crippen molar-refractivity contribution in [2.45, 2.75) is 121 Å². The number of nitrogens with one attached hydrogen (secondary N) is 2. The summed E-state index contributed by atoms with van der Waals surface area (Å²) in [7, 11) is 0. The van der Waals surface area contributed by atoms with Crippen molar-refractivity contribution < 1.29 is 9.59 Å². The number of fused-ring (bicyclic) bond motifs is 1. The van der Waals surface area contributed by atoms with Gasteiger partial charge in [0, 0.05) is 29.8 Å². The van der Waals surface area contributed by atoms with E-state index < -0.39 is 0 Å². The van der Waals surface area contributed by atoms with Crippen molar-refractivity contribution in [1.82, 2.24) is 4.98 Å². The molecule has 0 radical (unpaired) electrons. The smallest absolute Gasteiger partial charge is 0.224 e. The zero-order valence-electron chi connectivity index (χ0n) is 22.8. The van der Waals surface area contributed by atoms with Gasteiger partial charge in [0.05, 0.1) is 16.9 Å². The number of hydrogen-bond donors (Lipinski definition) is 2. The molecule has 0 saturated heterocycles.